The van der Waals surface area contributed by atoms with E-state index in [0.717, 1.165) is 6.20 Å². The van der Waals surface area contributed by atoms with E-state index in [1.165, 1.54) is 23.0 Å². The van der Waals surface area contributed by atoms with Crippen LogP contribution in [0.4, 0.5) is 21.5 Å². The number of aromatic nitrogens is 2. The lowest BCUT2D eigenvalue weighted by Gasteiger charge is -2.35. The Bertz CT molecular complexity index is 791. The van der Waals surface area contributed by atoms with Crippen LogP contribution in [-0.2, 0) is 11.3 Å². The number of hydrogen-bond acceptors (Lipinski definition) is 5. The topological polar surface area (TPSA) is 84.5 Å². The van der Waals surface area contributed by atoms with Crippen molar-refractivity contribution in [2.75, 3.05) is 29.9 Å². The third kappa shape index (κ3) is 3.05. The minimum atomic E-state index is -0.531. The fourth-order valence-corrected chi connectivity index (χ4v) is 2.69. The highest BCUT2D eigenvalue weighted by molar-refractivity contribution is 5.97. The summed E-state index contributed by atoms with van der Waals surface area (Å²) in [5.41, 5.74) is 1.23. The average molecular weight is 333 g/mol. The SMILES string of the molecule is CN1CCN(C(=O)CCn2cc([N+](=O)[O-])cn2)c2ccc(F)cc21. The monoisotopic (exact) mass is 333 g/mol. The number of hydrogen-bond donors (Lipinski definition) is 0. The van der Waals surface area contributed by atoms with Gasteiger partial charge in [-0.05, 0) is 18.2 Å². The molecule has 1 aromatic carbocycles. The minimum absolute atomic E-state index is 0.108. The molecule has 0 unspecified atom stereocenters. The predicted molar refractivity (Wildman–Crippen MR) is 85.5 cm³/mol. The van der Waals surface area contributed by atoms with Crippen molar-refractivity contribution in [1.29, 1.82) is 0 Å². The number of nitro groups is 1. The van der Waals surface area contributed by atoms with Crippen LogP contribution in [0.2, 0.25) is 0 Å². The van der Waals surface area contributed by atoms with E-state index in [1.807, 2.05) is 11.9 Å². The second kappa shape index (κ2) is 6.26. The van der Waals surface area contributed by atoms with Gasteiger partial charge in [0.25, 0.3) is 0 Å². The summed E-state index contributed by atoms with van der Waals surface area (Å²) in [6, 6.07) is 4.33. The summed E-state index contributed by atoms with van der Waals surface area (Å²) in [6.07, 6.45) is 2.60. The zero-order valence-electron chi connectivity index (χ0n) is 13.1. The smallest absolute Gasteiger partial charge is 0.306 e. The first kappa shape index (κ1) is 15.9. The lowest BCUT2D eigenvalue weighted by Crippen LogP contribution is -2.43. The summed E-state index contributed by atoms with van der Waals surface area (Å²) >= 11 is 0. The fraction of sp³-hybridized carbons (Fsp3) is 0.333. The van der Waals surface area contributed by atoms with Crippen molar-refractivity contribution >= 4 is 23.0 Å². The number of halogens is 1. The van der Waals surface area contributed by atoms with Crippen molar-refractivity contribution in [3.63, 3.8) is 0 Å². The number of benzene rings is 1. The van der Waals surface area contributed by atoms with Gasteiger partial charge in [0.2, 0.25) is 5.91 Å². The molecule has 9 heteroatoms. The lowest BCUT2D eigenvalue weighted by molar-refractivity contribution is -0.385. The first-order chi connectivity index (χ1) is 11.5. The average Bonchev–Trinajstić information content (AvgIpc) is 3.03. The summed E-state index contributed by atoms with van der Waals surface area (Å²) in [7, 11) is 1.85. The van der Waals surface area contributed by atoms with Gasteiger partial charge in [0.05, 0.1) is 16.3 Å². The molecule has 2 aromatic rings. The van der Waals surface area contributed by atoms with Crippen LogP contribution in [0, 0.1) is 15.9 Å². The molecule has 2 heterocycles. The molecule has 24 heavy (non-hydrogen) atoms. The maximum absolute atomic E-state index is 13.4. The van der Waals surface area contributed by atoms with E-state index >= 15 is 0 Å². The second-order valence-corrected chi connectivity index (χ2v) is 5.57. The Labute approximate surface area is 137 Å². The van der Waals surface area contributed by atoms with Crippen molar-refractivity contribution in [1.82, 2.24) is 9.78 Å². The van der Waals surface area contributed by atoms with E-state index in [2.05, 4.69) is 5.10 Å². The number of aryl methyl sites for hydroxylation is 1. The molecule has 1 aliphatic rings. The Morgan fingerprint density at radius 1 is 1.38 bits per heavy atom. The third-order valence-corrected chi connectivity index (χ3v) is 3.98. The molecule has 0 bridgehead atoms. The van der Waals surface area contributed by atoms with Crippen molar-refractivity contribution < 1.29 is 14.1 Å². The Morgan fingerprint density at radius 3 is 2.88 bits per heavy atom. The molecule has 1 aliphatic heterocycles. The van der Waals surface area contributed by atoms with Gasteiger partial charge in [-0.2, -0.15) is 5.10 Å². The molecule has 0 saturated heterocycles. The van der Waals surface area contributed by atoms with Crippen molar-refractivity contribution in [2.45, 2.75) is 13.0 Å². The van der Waals surface area contributed by atoms with E-state index in [0.29, 0.717) is 24.5 Å². The summed E-state index contributed by atoms with van der Waals surface area (Å²) in [6.45, 7) is 1.36. The molecule has 0 spiro atoms. The van der Waals surface area contributed by atoms with E-state index in [9.17, 15) is 19.3 Å². The Morgan fingerprint density at radius 2 is 2.17 bits per heavy atom. The predicted octanol–water partition coefficient (Wildman–Crippen LogP) is 1.80. The highest BCUT2D eigenvalue weighted by atomic mass is 19.1. The van der Waals surface area contributed by atoms with E-state index in [-0.39, 0.29) is 30.4 Å². The molecule has 0 aliphatic carbocycles. The maximum Gasteiger partial charge on any atom is 0.306 e. The third-order valence-electron chi connectivity index (χ3n) is 3.98. The van der Waals surface area contributed by atoms with Crippen LogP contribution in [0.3, 0.4) is 0 Å². The number of likely N-dealkylation sites (N-methyl/N-ethyl adjacent to an activating group) is 1. The number of amides is 1. The summed E-state index contributed by atoms with van der Waals surface area (Å²) < 4.78 is 14.8. The van der Waals surface area contributed by atoms with Gasteiger partial charge in [0, 0.05) is 33.1 Å². The van der Waals surface area contributed by atoms with Gasteiger partial charge in [-0.25, -0.2) is 4.39 Å². The number of rotatable bonds is 4. The Balaban J connectivity index is 1.71. The maximum atomic E-state index is 13.4. The quantitative estimate of drug-likeness (QED) is 0.629. The van der Waals surface area contributed by atoms with Crippen LogP contribution in [0.1, 0.15) is 6.42 Å². The number of carbonyl (C=O) groups is 1. The largest absolute Gasteiger partial charge is 0.371 e. The molecule has 1 aromatic heterocycles. The van der Waals surface area contributed by atoms with Gasteiger partial charge in [0.15, 0.2) is 0 Å². The molecule has 3 rings (SSSR count). The van der Waals surface area contributed by atoms with Crippen molar-refractivity contribution in [3.05, 3.63) is 46.5 Å². The highest BCUT2D eigenvalue weighted by Gasteiger charge is 2.25. The van der Waals surface area contributed by atoms with Gasteiger partial charge in [-0.15, -0.1) is 0 Å². The van der Waals surface area contributed by atoms with Crippen LogP contribution < -0.4 is 9.80 Å². The summed E-state index contributed by atoms with van der Waals surface area (Å²) in [5, 5.41) is 14.5. The molecule has 0 atom stereocenters. The molecule has 1 amide bonds. The van der Waals surface area contributed by atoms with Gasteiger partial charge >= 0.3 is 5.69 Å². The van der Waals surface area contributed by atoms with Gasteiger partial charge in [-0.3, -0.25) is 19.6 Å². The van der Waals surface area contributed by atoms with Gasteiger partial charge < -0.3 is 9.80 Å². The molecule has 0 saturated carbocycles. The number of carbonyl (C=O) groups excluding carboxylic acids is 1. The zero-order chi connectivity index (χ0) is 17.3. The number of nitrogens with zero attached hydrogens (tertiary/aromatic N) is 5. The van der Waals surface area contributed by atoms with Gasteiger partial charge in [0.1, 0.15) is 18.2 Å². The van der Waals surface area contributed by atoms with Crippen LogP contribution in [-0.4, -0.2) is 40.7 Å². The molecule has 126 valence electrons. The fourth-order valence-electron chi connectivity index (χ4n) is 2.69. The normalized spacial score (nSPS) is 13.8. The molecule has 0 fully saturated rings. The number of anilines is 2. The van der Waals surface area contributed by atoms with Crippen molar-refractivity contribution in [2.24, 2.45) is 0 Å². The van der Waals surface area contributed by atoms with Crippen LogP contribution in [0.25, 0.3) is 0 Å². The summed E-state index contributed by atoms with van der Waals surface area (Å²) in [4.78, 5) is 26.1. The Kier molecular flexibility index (Phi) is 4.15. The van der Waals surface area contributed by atoms with E-state index in [1.54, 1.807) is 11.0 Å². The lowest BCUT2D eigenvalue weighted by atomic mass is 10.1. The molecule has 0 radical (unpaired) electrons. The minimum Gasteiger partial charge on any atom is -0.371 e. The molecular formula is C15H16FN5O3. The molecular weight excluding hydrogens is 317 g/mol. The first-order valence-electron chi connectivity index (χ1n) is 7.43. The van der Waals surface area contributed by atoms with Crippen LogP contribution >= 0.6 is 0 Å². The zero-order valence-corrected chi connectivity index (χ0v) is 13.1. The van der Waals surface area contributed by atoms with E-state index < -0.39 is 4.92 Å². The molecule has 8 nitrogen and oxygen atoms in total. The van der Waals surface area contributed by atoms with Crippen LogP contribution in [0.5, 0.6) is 0 Å². The Hall–Kier alpha value is -2.97. The first-order valence-corrected chi connectivity index (χ1v) is 7.43. The second-order valence-electron chi connectivity index (χ2n) is 5.57. The van der Waals surface area contributed by atoms with Gasteiger partial charge in [-0.1, -0.05) is 0 Å². The summed E-state index contributed by atoms with van der Waals surface area (Å²) in [5.74, 6) is -0.479. The standard InChI is InChI=1S/C15H16FN5O3/c1-18-6-7-20(13-3-2-11(16)8-14(13)18)15(22)4-5-19-10-12(9-17-19)21(23)24/h2-3,8-10H,4-7H2,1H3. The highest BCUT2D eigenvalue weighted by Crippen LogP contribution is 2.33. The van der Waals surface area contributed by atoms with Crippen molar-refractivity contribution in [3.8, 4) is 0 Å². The molecule has 0 N–H and O–H groups in total. The van der Waals surface area contributed by atoms with E-state index in [4.69, 9.17) is 0 Å². The van der Waals surface area contributed by atoms with Crippen LogP contribution in [0.15, 0.2) is 30.6 Å². The number of fused-ring (bicyclic) bond motifs is 1.